The van der Waals surface area contributed by atoms with Gasteiger partial charge in [-0.3, -0.25) is 0 Å². The zero-order chi connectivity index (χ0) is 9.19. The molecule has 0 aromatic heterocycles. The second kappa shape index (κ2) is 3.75. The molecule has 0 radical (unpaired) electrons. The van der Waals surface area contributed by atoms with Gasteiger partial charge in [0.25, 0.3) is 0 Å². The Labute approximate surface area is 75.9 Å². The Morgan fingerprint density at radius 2 is 2.08 bits per heavy atom. The first-order valence-electron chi connectivity index (χ1n) is 4.94. The molecule has 1 aliphatic carbocycles. The molecule has 0 spiro atoms. The number of nitrogens with two attached hydrogens (primary N) is 1. The van der Waals surface area contributed by atoms with E-state index in [-0.39, 0.29) is 0 Å². The van der Waals surface area contributed by atoms with E-state index in [1.807, 2.05) is 7.05 Å². The Bertz CT molecular complexity index is 143. The Hall–Kier alpha value is -0.0800. The smallest absolute Gasteiger partial charge is 0.00470 e. The van der Waals surface area contributed by atoms with E-state index < -0.39 is 0 Å². The van der Waals surface area contributed by atoms with Gasteiger partial charge < -0.3 is 11.1 Å². The largest absolute Gasteiger partial charge is 0.328 e. The van der Waals surface area contributed by atoms with Gasteiger partial charge in [0.1, 0.15) is 0 Å². The molecule has 0 heterocycles. The van der Waals surface area contributed by atoms with Gasteiger partial charge in [-0.25, -0.2) is 0 Å². The second-order valence-corrected chi connectivity index (χ2v) is 4.99. The van der Waals surface area contributed by atoms with Crippen LogP contribution in [0.1, 0.15) is 33.1 Å². The van der Waals surface area contributed by atoms with E-state index in [4.69, 9.17) is 5.73 Å². The molecule has 12 heavy (non-hydrogen) atoms. The van der Waals surface area contributed by atoms with Crippen LogP contribution >= 0.6 is 0 Å². The standard InChI is InChI=1S/C10H22N2/c1-10(2)5-8(7-12-3)4-9(11)6-10/h8-9,12H,4-7,11H2,1-3H3. The molecule has 0 aliphatic heterocycles. The molecule has 1 rings (SSSR count). The van der Waals surface area contributed by atoms with E-state index >= 15 is 0 Å². The quantitative estimate of drug-likeness (QED) is 0.656. The minimum Gasteiger partial charge on any atom is -0.328 e. The highest BCUT2D eigenvalue weighted by molar-refractivity contribution is 4.86. The molecule has 0 aromatic carbocycles. The molecule has 0 amide bonds. The van der Waals surface area contributed by atoms with Crippen LogP contribution in [0, 0.1) is 11.3 Å². The Balaban J connectivity index is 2.46. The predicted molar refractivity (Wildman–Crippen MR) is 53.0 cm³/mol. The fourth-order valence-corrected chi connectivity index (χ4v) is 2.61. The third kappa shape index (κ3) is 2.76. The van der Waals surface area contributed by atoms with Gasteiger partial charge in [0.2, 0.25) is 0 Å². The Kier molecular flexibility index (Phi) is 3.13. The summed E-state index contributed by atoms with van der Waals surface area (Å²) >= 11 is 0. The van der Waals surface area contributed by atoms with Crippen LogP contribution in [-0.4, -0.2) is 19.6 Å². The number of nitrogens with one attached hydrogen (secondary N) is 1. The van der Waals surface area contributed by atoms with Crippen molar-refractivity contribution in [1.29, 1.82) is 0 Å². The van der Waals surface area contributed by atoms with Crippen LogP contribution in [0.15, 0.2) is 0 Å². The van der Waals surface area contributed by atoms with Crippen molar-refractivity contribution in [3.8, 4) is 0 Å². The van der Waals surface area contributed by atoms with Crippen molar-refractivity contribution in [2.24, 2.45) is 17.1 Å². The van der Waals surface area contributed by atoms with E-state index in [1.54, 1.807) is 0 Å². The minimum absolute atomic E-state index is 0.423. The minimum atomic E-state index is 0.423. The SMILES string of the molecule is CNCC1CC(N)CC(C)(C)C1. The second-order valence-electron chi connectivity index (χ2n) is 4.99. The summed E-state index contributed by atoms with van der Waals surface area (Å²) in [6.45, 7) is 5.78. The van der Waals surface area contributed by atoms with E-state index in [2.05, 4.69) is 19.2 Å². The van der Waals surface area contributed by atoms with Crippen LogP contribution in [0.3, 0.4) is 0 Å². The van der Waals surface area contributed by atoms with E-state index in [9.17, 15) is 0 Å². The van der Waals surface area contributed by atoms with Crippen molar-refractivity contribution in [2.45, 2.75) is 39.2 Å². The number of hydrogen-bond acceptors (Lipinski definition) is 2. The summed E-state index contributed by atoms with van der Waals surface area (Å²) in [4.78, 5) is 0. The van der Waals surface area contributed by atoms with Crippen molar-refractivity contribution in [3.05, 3.63) is 0 Å². The van der Waals surface area contributed by atoms with Gasteiger partial charge in [0.15, 0.2) is 0 Å². The molecule has 2 nitrogen and oxygen atoms in total. The summed E-state index contributed by atoms with van der Waals surface area (Å²) in [5, 5.41) is 3.24. The van der Waals surface area contributed by atoms with Gasteiger partial charge in [0.05, 0.1) is 0 Å². The summed E-state index contributed by atoms with van der Waals surface area (Å²) in [5.74, 6) is 0.786. The molecular weight excluding hydrogens is 148 g/mol. The summed E-state index contributed by atoms with van der Waals surface area (Å²) in [6.07, 6.45) is 3.71. The third-order valence-electron chi connectivity index (χ3n) is 2.78. The van der Waals surface area contributed by atoms with Crippen molar-refractivity contribution in [1.82, 2.24) is 5.32 Å². The molecule has 0 bridgehead atoms. The first-order valence-corrected chi connectivity index (χ1v) is 4.94. The summed E-state index contributed by atoms with van der Waals surface area (Å²) < 4.78 is 0. The van der Waals surface area contributed by atoms with Gasteiger partial charge in [0, 0.05) is 6.04 Å². The van der Waals surface area contributed by atoms with Crippen LogP contribution in [-0.2, 0) is 0 Å². The van der Waals surface area contributed by atoms with Gasteiger partial charge in [-0.2, -0.15) is 0 Å². The molecule has 2 atom stereocenters. The normalized spacial score (nSPS) is 35.0. The molecule has 0 aromatic rings. The average molecular weight is 170 g/mol. The van der Waals surface area contributed by atoms with Gasteiger partial charge in [-0.15, -0.1) is 0 Å². The van der Waals surface area contributed by atoms with Crippen LogP contribution < -0.4 is 11.1 Å². The topological polar surface area (TPSA) is 38.0 Å². The Morgan fingerprint density at radius 1 is 1.42 bits per heavy atom. The van der Waals surface area contributed by atoms with Gasteiger partial charge in [-0.05, 0) is 44.2 Å². The molecule has 72 valence electrons. The number of rotatable bonds is 2. The van der Waals surface area contributed by atoms with Crippen molar-refractivity contribution < 1.29 is 0 Å². The summed E-state index contributed by atoms with van der Waals surface area (Å²) in [6, 6.07) is 0.423. The lowest BCUT2D eigenvalue weighted by Crippen LogP contribution is -2.39. The van der Waals surface area contributed by atoms with Crippen LogP contribution in [0.2, 0.25) is 0 Å². The fraction of sp³-hybridized carbons (Fsp3) is 1.00. The lowest BCUT2D eigenvalue weighted by molar-refractivity contribution is 0.159. The van der Waals surface area contributed by atoms with Crippen molar-refractivity contribution >= 4 is 0 Å². The lowest BCUT2D eigenvalue weighted by atomic mass is 9.70. The molecule has 0 saturated heterocycles. The average Bonchev–Trinajstić information content (AvgIpc) is 1.82. The van der Waals surface area contributed by atoms with Crippen molar-refractivity contribution in [2.75, 3.05) is 13.6 Å². The maximum atomic E-state index is 6.00. The highest BCUT2D eigenvalue weighted by atomic mass is 14.8. The highest BCUT2D eigenvalue weighted by Gasteiger charge is 2.31. The summed E-state index contributed by atoms with van der Waals surface area (Å²) in [7, 11) is 2.02. The van der Waals surface area contributed by atoms with Crippen LogP contribution in [0.25, 0.3) is 0 Å². The Morgan fingerprint density at radius 3 is 2.58 bits per heavy atom. The van der Waals surface area contributed by atoms with Crippen LogP contribution in [0.5, 0.6) is 0 Å². The van der Waals surface area contributed by atoms with E-state index in [0.29, 0.717) is 11.5 Å². The maximum absolute atomic E-state index is 6.00. The first kappa shape index (κ1) is 10.0. The first-order chi connectivity index (χ1) is 5.53. The molecule has 1 fully saturated rings. The van der Waals surface area contributed by atoms with E-state index in [0.717, 1.165) is 12.5 Å². The molecule has 1 aliphatic rings. The lowest BCUT2D eigenvalue weighted by Gasteiger charge is -2.38. The predicted octanol–water partition coefficient (Wildman–Crippen LogP) is 1.36. The van der Waals surface area contributed by atoms with Crippen LogP contribution in [0.4, 0.5) is 0 Å². The summed E-state index contributed by atoms with van der Waals surface area (Å²) in [5.41, 5.74) is 6.46. The van der Waals surface area contributed by atoms with Gasteiger partial charge in [-0.1, -0.05) is 13.8 Å². The monoisotopic (exact) mass is 170 g/mol. The molecule has 1 saturated carbocycles. The molecule has 2 unspecified atom stereocenters. The van der Waals surface area contributed by atoms with Crippen molar-refractivity contribution in [3.63, 3.8) is 0 Å². The molecule has 3 N–H and O–H groups in total. The fourth-order valence-electron chi connectivity index (χ4n) is 2.61. The highest BCUT2D eigenvalue weighted by Crippen LogP contribution is 2.37. The van der Waals surface area contributed by atoms with Gasteiger partial charge >= 0.3 is 0 Å². The molecule has 2 heteroatoms. The third-order valence-corrected chi connectivity index (χ3v) is 2.78. The zero-order valence-electron chi connectivity index (χ0n) is 8.56. The maximum Gasteiger partial charge on any atom is 0.00470 e. The number of hydrogen-bond donors (Lipinski definition) is 2. The molecular formula is C10H22N2. The van der Waals surface area contributed by atoms with E-state index in [1.165, 1.54) is 19.3 Å². The zero-order valence-corrected chi connectivity index (χ0v) is 8.56.